The number of carbonyl (C=O) groups is 1. The summed E-state index contributed by atoms with van der Waals surface area (Å²) in [5, 5.41) is 6.61. The van der Waals surface area contributed by atoms with Gasteiger partial charge in [-0.25, -0.2) is 0 Å². The van der Waals surface area contributed by atoms with E-state index in [-0.39, 0.29) is 24.4 Å². The summed E-state index contributed by atoms with van der Waals surface area (Å²) < 4.78 is 2.18. The molecule has 1 amide bonds. The van der Waals surface area contributed by atoms with Crippen LogP contribution in [0.2, 0.25) is 0 Å². The van der Waals surface area contributed by atoms with Crippen molar-refractivity contribution in [1.29, 1.82) is 0 Å². The zero-order chi connectivity index (χ0) is 17.3. The lowest BCUT2D eigenvalue weighted by atomic mass is 9.95. The van der Waals surface area contributed by atoms with Gasteiger partial charge < -0.3 is 15.2 Å². The molecule has 2 heterocycles. The van der Waals surface area contributed by atoms with Gasteiger partial charge in [0.1, 0.15) is 0 Å². The molecule has 0 bridgehead atoms. The average molecular weight is 362 g/mol. The summed E-state index contributed by atoms with van der Waals surface area (Å²) in [6.45, 7) is 10.3. The molecule has 5 heteroatoms. The summed E-state index contributed by atoms with van der Waals surface area (Å²) in [7, 11) is 0. The first-order chi connectivity index (χ1) is 11.5. The molecular formula is C20H28ClN3O. The Morgan fingerprint density at radius 2 is 1.96 bits per heavy atom. The Hall–Kier alpha value is -1.78. The van der Waals surface area contributed by atoms with Gasteiger partial charge in [0.2, 0.25) is 0 Å². The Labute approximate surface area is 156 Å². The van der Waals surface area contributed by atoms with E-state index in [1.807, 2.05) is 25.1 Å². The molecule has 136 valence electrons. The zero-order valence-electron chi connectivity index (χ0n) is 15.4. The maximum absolute atomic E-state index is 12.8. The van der Waals surface area contributed by atoms with Crippen LogP contribution < -0.4 is 10.6 Å². The number of piperidine rings is 1. The number of aromatic nitrogens is 1. The van der Waals surface area contributed by atoms with E-state index in [1.165, 1.54) is 5.56 Å². The molecule has 3 rings (SSSR count). The van der Waals surface area contributed by atoms with E-state index in [4.69, 9.17) is 0 Å². The maximum atomic E-state index is 12.8. The molecule has 1 aliphatic rings. The topological polar surface area (TPSA) is 46.1 Å². The molecular weight excluding hydrogens is 334 g/mol. The predicted octanol–water partition coefficient (Wildman–Crippen LogP) is 3.55. The smallest absolute Gasteiger partial charge is 0.253 e. The van der Waals surface area contributed by atoms with E-state index >= 15 is 0 Å². The van der Waals surface area contributed by atoms with Crippen LogP contribution in [-0.2, 0) is 0 Å². The van der Waals surface area contributed by atoms with Gasteiger partial charge in [0, 0.05) is 23.1 Å². The molecule has 4 nitrogen and oxygen atoms in total. The summed E-state index contributed by atoms with van der Waals surface area (Å²) in [5.41, 5.74) is 5.22. The number of amides is 1. The minimum atomic E-state index is 0. The second kappa shape index (κ2) is 8.07. The fraction of sp³-hybridized carbons (Fsp3) is 0.450. The molecule has 0 saturated carbocycles. The van der Waals surface area contributed by atoms with E-state index in [0.29, 0.717) is 5.92 Å². The van der Waals surface area contributed by atoms with Gasteiger partial charge in [0.15, 0.2) is 0 Å². The Bertz CT molecular complexity index is 753. The number of hydrogen-bond donors (Lipinski definition) is 2. The lowest BCUT2D eigenvalue weighted by molar-refractivity contribution is 0.0913. The summed E-state index contributed by atoms with van der Waals surface area (Å²) >= 11 is 0. The third-order valence-corrected chi connectivity index (χ3v) is 5.13. The number of nitrogens with one attached hydrogen (secondary N) is 2. The largest absolute Gasteiger partial charge is 0.349 e. The normalized spacial score (nSPS) is 20.0. The third kappa shape index (κ3) is 3.91. The molecule has 1 aromatic heterocycles. The second-order valence-corrected chi connectivity index (χ2v) is 6.96. The van der Waals surface area contributed by atoms with Crippen LogP contribution in [0.3, 0.4) is 0 Å². The van der Waals surface area contributed by atoms with Crippen molar-refractivity contribution in [3.05, 3.63) is 52.8 Å². The van der Waals surface area contributed by atoms with Crippen LogP contribution in [0.1, 0.15) is 40.7 Å². The number of carbonyl (C=O) groups excluding carboxylic acids is 1. The number of para-hydroxylation sites is 1. The molecule has 1 fully saturated rings. The first-order valence-electron chi connectivity index (χ1n) is 8.75. The van der Waals surface area contributed by atoms with Crippen molar-refractivity contribution in [1.82, 2.24) is 15.2 Å². The first-order valence-corrected chi connectivity index (χ1v) is 8.75. The van der Waals surface area contributed by atoms with Crippen LogP contribution in [0.5, 0.6) is 0 Å². The summed E-state index contributed by atoms with van der Waals surface area (Å²) in [5.74, 6) is 0.504. The summed E-state index contributed by atoms with van der Waals surface area (Å²) in [6.07, 6.45) is 0.990. The van der Waals surface area contributed by atoms with Crippen molar-refractivity contribution in [2.24, 2.45) is 5.92 Å². The highest BCUT2D eigenvalue weighted by atomic mass is 35.5. The number of aryl methyl sites for hydroxylation is 2. The highest BCUT2D eigenvalue weighted by Gasteiger charge is 2.25. The van der Waals surface area contributed by atoms with Crippen LogP contribution in [0.4, 0.5) is 0 Å². The molecule has 2 aromatic rings. The molecule has 0 spiro atoms. The monoisotopic (exact) mass is 361 g/mol. The van der Waals surface area contributed by atoms with Gasteiger partial charge in [-0.15, -0.1) is 12.4 Å². The van der Waals surface area contributed by atoms with E-state index < -0.39 is 0 Å². The van der Waals surface area contributed by atoms with Gasteiger partial charge in [-0.05, 0) is 63.9 Å². The van der Waals surface area contributed by atoms with E-state index in [9.17, 15) is 4.79 Å². The lowest BCUT2D eigenvalue weighted by Gasteiger charge is -2.30. The van der Waals surface area contributed by atoms with Crippen molar-refractivity contribution in [3.8, 4) is 5.69 Å². The second-order valence-electron chi connectivity index (χ2n) is 6.96. The average Bonchev–Trinajstić information content (AvgIpc) is 2.85. The quantitative estimate of drug-likeness (QED) is 0.878. The Morgan fingerprint density at radius 1 is 1.24 bits per heavy atom. The van der Waals surface area contributed by atoms with Gasteiger partial charge in [-0.2, -0.15) is 0 Å². The Kier molecular flexibility index (Phi) is 6.31. The summed E-state index contributed by atoms with van der Waals surface area (Å²) in [6, 6.07) is 10.5. The number of rotatable bonds is 3. The number of nitrogens with zero attached hydrogens (tertiary/aromatic N) is 1. The Balaban J connectivity index is 0.00000225. The van der Waals surface area contributed by atoms with Crippen LogP contribution in [0, 0.1) is 26.7 Å². The molecule has 0 aliphatic carbocycles. The van der Waals surface area contributed by atoms with Crippen molar-refractivity contribution >= 4 is 18.3 Å². The van der Waals surface area contributed by atoms with Crippen LogP contribution >= 0.6 is 12.4 Å². The molecule has 0 radical (unpaired) electrons. The van der Waals surface area contributed by atoms with Gasteiger partial charge in [0.25, 0.3) is 5.91 Å². The van der Waals surface area contributed by atoms with Crippen molar-refractivity contribution in [2.75, 3.05) is 13.1 Å². The maximum Gasteiger partial charge on any atom is 0.253 e. The van der Waals surface area contributed by atoms with Crippen LogP contribution in [0.15, 0.2) is 30.3 Å². The third-order valence-electron chi connectivity index (χ3n) is 5.13. The molecule has 2 atom stereocenters. The predicted molar refractivity (Wildman–Crippen MR) is 105 cm³/mol. The molecule has 2 N–H and O–H groups in total. The standard InChI is InChI=1S/C20H27N3O.ClH/c1-13-7-5-6-8-19(13)23-15(3)11-17(16(23)4)20(24)22-18-9-10-21-12-14(18)2;/h5-8,11,14,18,21H,9-10,12H2,1-4H3,(H,22,24);1H. The van der Waals surface area contributed by atoms with Gasteiger partial charge in [0.05, 0.1) is 5.56 Å². The number of hydrogen-bond acceptors (Lipinski definition) is 2. The van der Waals surface area contributed by atoms with Gasteiger partial charge in [-0.1, -0.05) is 25.1 Å². The fourth-order valence-electron chi connectivity index (χ4n) is 3.65. The van der Waals surface area contributed by atoms with E-state index in [1.54, 1.807) is 0 Å². The molecule has 1 aromatic carbocycles. The minimum Gasteiger partial charge on any atom is -0.349 e. The Morgan fingerprint density at radius 3 is 2.64 bits per heavy atom. The summed E-state index contributed by atoms with van der Waals surface area (Å²) in [4.78, 5) is 12.8. The van der Waals surface area contributed by atoms with Crippen LogP contribution in [0.25, 0.3) is 5.69 Å². The van der Waals surface area contributed by atoms with E-state index in [2.05, 4.69) is 48.1 Å². The first kappa shape index (κ1) is 19.5. The van der Waals surface area contributed by atoms with E-state index in [0.717, 1.165) is 42.1 Å². The van der Waals surface area contributed by atoms with Gasteiger partial charge >= 0.3 is 0 Å². The molecule has 2 unspecified atom stereocenters. The minimum absolute atomic E-state index is 0. The number of halogens is 1. The van der Waals surface area contributed by atoms with Crippen molar-refractivity contribution in [3.63, 3.8) is 0 Å². The molecule has 25 heavy (non-hydrogen) atoms. The lowest BCUT2D eigenvalue weighted by Crippen LogP contribution is -2.48. The van der Waals surface area contributed by atoms with Gasteiger partial charge in [-0.3, -0.25) is 4.79 Å². The number of benzene rings is 1. The van der Waals surface area contributed by atoms with Crippen LogP contribution in [-0.4, -0.2) is 29.6 Å². The highest BCUT2D eigenvalue weighted by molar-refractivity contribution is 5.96. The zero-order valence-corrected chi connectivity index (χ0v) is 16.2. The highest BCUT2D eigenvalue weighted by Crippen LogP contribution is 2.23. The molecule has 1 aliphatic heterocycles. The fourth-order valence-corrected chi connectivity index (χ4v) is 3.65. The van der Waals surface area contributed by atoms with Crippen molar-refractivity contribution in [2.45, 2.75) is 40.2 Å². The van der Waals surface area contributed by atoms with Crippen molar-refractivity contribution < 1.29 is 4.79 Å². The molecule has 1 saturated heterocycles. The SMILES string of the molecule is Cc1ccccc1-n1c(C)cc(C(=O)NC2CCNCC2C)c1C.Cl.